The van der Waals surface area contributed by atoms with Crippen molar-refractivity contribution in [3.63, 3.8) is 0 Å². The molecule has 1 saturated carbocycles. The molecule has 0 saturated heterocycles. The van der Waals surface area contributed by atoms with Crippen LogP contribution < -0.4 is 5.73 Å². The lowest BCUT2D eigenvalue weighted by Gasteiger charge is -2.28. The van der Waals surface area contributed by atoms with E-state index in [1.165, 1.54) is 0 Å². The molecule has 3 N–H and O–H groups in total. The number of amides is 2. The molecule has 1 aliphatic carbocycles. The van der Waals surface area contributed by atoms with Crippen LogP contribution in [0.2, 0.25) is 0 Å². The van der Waals surface area contributed by atoms with Crippen molar-refractivity contribution in [1.82, 2.24) is 4.31 Å². The van der Waals surface area contributed by atoms with Gasteiger partial charge in [0.2, 0.25) is 0 Å². The number of urea groups is 1. The fourth-order valence-electron chi connectivity index (χ4n) is 1.51. The number of rotatable bonds is 1. The van der Waals surface area contributed by atoms with Gasteiger partial charge in [-0.05, 0) is 19.3 Å². The van der Waals surface area contributed by atoms with Gasteiger partial charge in [-0.15, -0.1) is 0 Å². The zero-order valence-electron chi connectivity index (χ0n) is 7.18. The molecule has 0 heterocycles. The summed E-state index contributed by atoms with van der Waals surface area (Å²) in [7, 11) is 0. The number of carbonyl (C=O) groups is 1. The van der Waals surface area contributed by atoms with E-state index in [1.54, 1.807) is 0 Å². The predicted octanol–water partition coefficient (Wildman–Crippen LogP) is 0.985. The van der Waals surface area contributed by atoms with Crippen LogP contribution in [0.1, 0.15) is 25.7 Å². The molecule has 5 nitrogen and oxygen atoms in total. The Bertz CT molecular complexity index is 232. The maximum atomic E-state index is 10.8. The molecular weight excluding hydrogens is 190 g/mol. The Balaban J connectivity index is 2.70. The fourth-order valence-corrected chi connectivity index (χ4v) is 1.76. The van der Waals surface area contributed by atoms with Crippen LogP contribution in [0.3, 0.4) is 0 Å². The quantitative estimate of drug-likeness (QED) is 0.337. The molecule has 1 atom stereocenters. The average Bonchev–Trinajstić information content (AvgIpc) is 2.16. The molecule has 0 aromatic rings. The van der Waals surface area contributed by atoms with Crippen LogP contribution in [-0.2, 0) is 0 Å². The van der Waals surface area contributed by atoms with Gasteiger partial charge in [-0.3, -0.25) is 4.31 Å². The van der Waals surface area contributed by atoms with Crippen LogP contribution in [0.4, 0.5) is 4.79 Å². The van der Waals surface area contributed by atoms with Crippen molar-refractivity contribution in [1.29, 1.82) is 0 Å². The second-order valence-electron chi connectivity index (χ2n) is 3.04. The summed E-state index contributed by atoms with van der Waals surface area (Å²) in [4.78, 5) is 10.8. The number of oxime groups is 1. The van der Waals surface area contributed by atoms with E-state index in [0.29, 0.717) is 12.1 Å². The normalized spacial score (nSPS) is 25.9. The van der Waals surface area contributed by atoms with E-state index in [0.717, 1.165) is 23.6 Å². The molecule has 0 aliphatic heterocycles. The minimum absolute atomic E-state index is 0.250. The predicted molar refractivity (Wildman–Crippen MR) is 51.9 cm³/mol. The lowest BCUT2D eigenvalue weighted by Crippen LogP contribution is -2.43. The summed E-state index contributed by atoms with van der Waals surface area (Å²) in [6.07, 6.45) is 3.43. The molecule has 74 valence electrons. The summed E-state index contributed by atoms with van der Waals surface area (Å²) in [5, 5.41) is 11.8. The number of hydrogen-bond acceptors (Lipinski definition) is 4. The van der Waals surface area contributed by atoms with Crippen LogP contribution in [-0.4, -0.2) is 27.3 Å². The van der Waals surface area contributed by atoms with Crippen LogP contribution in [0.25, 0.3) is 0 Å². The molecule has 0 aromatic carbocycles. The molecule has 13 heavy (non-hydrogen) atoms. The highest BCUT2D eigenvalue weighted by atomic mass is 32.1. The monoisotopic (exact) mass is 203 g/mol. The fraction of sp³-hybridized carbons (Fsp3) is 0.714. The summed E-state index contributed by atoms with van der Waals surface area (Å²) in [5.74, 6) is 0. The molecule has 6 heteroatoms. The van der Waals surface area contributed by atoms with Crippen LogP contribution in [0, 0.1) is 0 Å². The molecule has 1 aliphatic rings. The molecule has 0 spiro atoms. The summed E-state index contributed by atoms with van der Waals surface area (Å²) in [5.41, 5.74) is 5.64. The highest BCUT2D eigenvalue weighted by Crippen LogP contribution is 2.21. The van der Waals surface area contributed by atoms with Gasteiger partial charge in [-0.2, -0.15) is 0 Å². The molecule has 1 unspecified atom stereocenters. The largest absolute Gasteiger partial charge is 0.411 e. The summed E-state index contributed by atoms with van der Waals surface area (Å²) >= 11 is 3.95. The van der Waals surface area contributed by atoms with Crippen molar-refractivity contribution in [2.24, 2.45) is 10.9 Å². The van der Waals surface area contributed by atoms with E-state index in [9.17, 15) is 4.79 Å². The third-order valence-electron chi connectivity index (χ3n) is 2.19. The van der Waals surface area contributed by atoms with Gasteiger partial charge in [0.05, 0.1) is 11.8 Å². The van der Waals surface area contributed by atoms with Crippen molar-refractivity contribution in [2.45, 2.75) is 31.7 Å². The first-order valence-electron chi connectivity index (χ1n) is 4.15. The molecular formula is C7H13N3O2S. The van der Waals surface area contributed by atoms with Gasteiger partial charge in [0.1, 0.15) is 0 Å². The first-order chi connectivity index (χ1) is 6.16. The van der Waals surface area contributed by atoms with Crippen molar-refractivity contribution in [3.05, 3.63) is 0 Å². The van der Waals surface area contributed by atoms with Gasteiger partial charge in [-0.1, -0.05) is 24.4 Å². The lowest BCUT2D eigenvalue weighted by atomic mass is 9.93. The molecule has 1 fully saturated rings. The zero-order valence-corrected chi connectivity index (χ0v) is 8.07. The number of primary amides is 1. The number of thiol groups is 1. The van der Waals surface area contributed by atoms with Crippen molar-refractivity contribution in [3.8, 4) is 0 Å². The van der Waals surface area contributed by atoms with E-state index in [-0.39, 0.29) is 6.04 Å². The zero-order chi connectivity index (χ0) is 9.84. The van der Waals surface area contributed by atoms with E-state index in [1.807, 2.05) is 0 Å². The summed E-state index contributed by atoms with van der Waals surface area (Å²) < 4.78 is 1.12. The number of nitrogens with two attached hydrogens (primary N) is 1. The Hall–Kier alpha value is -0.910. The third kappa shape index (κ3) is 2.27. The molecule has 2 amide bonds. The maximum absolute atomic E-state index is 10.8. The second-order valence-corrected chi connectivity index (χ2v) is 3.47. The number of carbonyl (C=O) groups excluding carboxylic acids is 1. The first kappa shape index (κ1) is 10.2. The Morgan fingerprint density at radius 2 is 2.38 bits per heavy atom. The van der Waals surface area contributed by atoms with Gasteiger partial charge in [-0.25, -0.2) is 4.79 Å². The standard InChI is InChI=1S/C7H13N3O2S/c8-7(11)10(13)6-4-2-1-3-5(6)9-12/h6,12-13H,1-4H2,(H2,8,11). The van der Waals surface area contributed by atoms with Gasteiger partial charge >= 0.3 is 6.03 Å². The molecule has 0 radical (unpaired) electrons. The lowest BCUT2D eigenvalue weighted by molar-refractivity contribution is 0.228. The molecule has 0 bridgehead atoms. The van der Waals surface area contributed by atoms with E-state index >= 15 is 0 Å². The SMILES string of the molecule is NC(=O)N(S)C1CCCCC1=NO. The van der Waals surface area contributed by atoms with Gasteiger partial charge in [0, 0.05) is 0 Å². The van der Waals surface area contributed by atoms with Gasteiger partial charge in [0.25, 0.3) is 0 Å². The topological polar surface area (TPSA) is 78.9 Å². The van der Waals surface area contributed by atoms with Crippen molar-refractivity contribution >= 4 is 24.6 Å². The number of hydrogen-bond donors (Lipinski definition) is 3. The second kappa shape index (κ2) is 4.36. The van der Waals surface area contributed by atoms with Crippen molar-refractivity contribution in [2.75, 3.05) is 0 Å². The van der Waals surface area contributed by atoms with Gasteiger partial charge < -0.3 is 10.9 Å². The van der Waals surface area contributed by atoms with E-state index < -0.39 is 6.03 Å². The molecule has 1 rings (SSSR count). The first-order valence-corrected chi connectivity index (χ1v) is 4.55. The van der Waals surface area contributed by atoms with E-state index in [2.05, 4.69) is 18.0 Å². The van der Waals surface area contributed by atoms with Crippen LogP contribution >= 0.6 is 12.8 Å². The van der Waals surface area contributed by atoms with Gasteiger partial charge in [0.15, 0.2) is 0 Å². The smallest absolute Gasteiger partial charge is 0.325 e. The maximum Gasteiger partial charge on any atom is 0.325 e. The van der Waals surface area contributed by atoms with Crippen molar-refractivity contribution < 1.29 is 10.0 Å². The third-order valence-corrected chi connectivity index (χ3v) is 2.67. The highest BCUT2D eigenvalue weighted by molar-refractivity contribution is 7.78. The highest BCUT2D eigenvalue weighted by Gasteiger charge is 2.27. The Morgan fingerprint density at radius 1 is 1.69 bits per heavy atom. The summed E-state index contributed by atoms with van der Waals surface area (Å²) in [6, 6.07) is -0.865. The number of nitrogens with zero attached hydrogens (tertiary/aromatic N) is 2. The van der Waals surface area contributed by atoms with E-state index in [4.69, 9.17) is 10.9 Å². The Morgan fingerprint density at radius 3 is 2.92 bits per heavy atom. The summed E-state index contributed by atoms with van der Waals surface area (Å²) in [6.45, 7) is 0. The Labute approximate surface area is 82.1 Å². The Kier molecular flexibility index (Phi) is 3.41. The average molecular weight is 203 g/mol. The minimum Gasteiger partial charge on any atom is -0.411 e. The van der Waals surface area contributed by atoms with Crippen LogP contribution in [0.5, 0.6) is 0 Å². The molecule has 0 aromatic heterocycles. The minimum atomic E-state index is -0.614. The van der Waals surface area contributed by atoms with Crippen LogP contribution in [0.15, 0.2) is 5.16 Å².